The van der Waals surface area contributed by atoms with E-state index >= 15 is 0 Å². The van der Waals surface area contributed by atoms with Gasteiger partial charge in [-0.05, 0) is 54.7 Å². The Labute approximate surface area is 109 Å². The lowest BCUT2D eigenvalue weighted by Gasteiger charge is -2.36. The molecule has 1 aliphatic carbocycles. The molecule has 0 aromatic heterocycles. The fourth-order valence-electron chi connectivity index (χ4n) is 2.95. The molecule has 17 heavy (non-hydrogen) atoms. The van der Waals surface area contributed by atoms with Crippen LogP contribution in [-0.2, 0) is 0 Å². The van der Waals surface area contributed by atoms with Crippen molar-refractivity contribution in [3.05, 3.63) is 34.9 Å². The smallest absolute Gasteiger partial charge is 0.0408 e. The highest BCUT2D eigenvalue weighted by Gasteiger charge is 2.30. The van der Waals surface area contributed by atoms with E-state index in [9.17, 15) is 0 Å². The first kappa shape index (κ1) is 12.9. The molecule has 1 saturated carbocycles. The average Bonchev–Trinajstić information content (AvgIpc) is 2.29. The van der Waals surface area contributed by atoms with E-state index in [2.05, 4.69) is 26.0 Å². The highest BCUT2D eigenvalue weighted by molar-refractivity contribution is 6.30. The van der Waals surface area contributed by atoms with Crippen LogP contribution in [-0.4, -0.2) is 6.04 Å². The maximum atomic E-state index is 6.28. The lowest BCUT2D eigenvalue weighted by Crippen LogP contribution is -2.35. The molecule has 1 aliphatic rings. The van der Waals surface area contributed by atoms with E-state index in [0.717, 1.165) is 23.3 Å². The molecule has 1 nitrogen and oxygen atoms in total. The molecule has 0 heterocycles. The zero-order valence-electron chi connectivity index (χ0n) is 10.7. The molecule has 3 atom stereocenters. The monoisotopic (exact) mass is 251 g/mol. The van der Waals surface area contributed by atoms with Crippen LogP contribution in [0.1, 0.15) is 44.6 Å². The second kappa shape index (κ2) is 5.41. The minimum absolute atomic E-state index is 0.295. The van der Waals surface area contributed by atoms with Gasteiger partial charge in [0.05, 0.1) is 0 Å². The number of hydrogen-bond acceptors (Lipinski definition) is 1. The summed E-state index contributed by atoms with van der Waals surface area (Å²) in [6, 6.07) is 8.50. The largest absolute Gasteiger partial charge is 0.327 e. The number of rotatable bonds is 2. The van der Waals surface area contributed by atoms with Crippen molar-refractivity contribution in [3.63, 3.8) is 0 Å². The molecule has 2 rings (SSSR count). The summed E-state index contributed by atoms with van der Waals surface area (Å²) >= 11 is 6.07. The highest BCUT2D eigenvalue weighted by atomic mass is 35.5. The lowest BCUT2D eigenvalue weighted by molar-refractivity contribution is 0.232. The Bertz CT molecular complexity index is 375. The summed E-state index contributed by atoms with van der Waals surface area (Å²) in [4.78, 5) is 0. The van der Waals surface area contributed by atoms with Gasteiger partial charge in [-0.15, -0.1) is 0 Å². The van der Waals surface area contributed by atoms with Crippen molar-refractivity contribution in [1.82, 2.24) is 0 Å². The van der Waals surface area contributed by atoms with Gasteiger partial charge in [0.1, 0.15) is 0 Å². The summed E-state index contributed by atoms with van der Waals surface area (Å²) in [5.74, 6) is 2.04. The molecule has 0 amide bonds. The number of hydrogen-bond donors (Lipinski definition) is 1. The summed E-state index contributed by atoms with van der Waals surface area (Å²) in [7, 11) is 0. The Kier molecular flexibility index (Phi) is 4.11. The van der Waals surface area contributed by atoms with Crippen LogP contribution >= 0.6 is 11.6 Å². The van der Waals surface area contributed by atoms with Crippen LogP contribution in [0.2, 0.25) is 5.02 Å². The summed E-state index contributed by atoms with van der Waals surface area (Å²) in [5.41, 5.74) is 7.60. The predicted octanol–water partition coefficient (Wildman–Crippen LogP) is 4.21. The first-order valence-corrected chi connectivity index (χ1v) is 6.96. The highest BCUT2D eigenvalue weighted by Crippen LogP contribution is 2.39. The van der Waals surface area contributed by atoms with E-state index in [1.54, 1.807) is 0 Å². The first-order valence-electron chi connectivity index (χ1n) is 6.59. The molecule has 0 spiro atoms. The average molecular weight is 252 g/mol. The first-order chi connectivity index (χ1) is 8.08. The molecule has 0 saturated heterocycles. The van der Waals surface area contributed by atoms with Crippen LogP contribution in [0.15, 0.2) is 24.3 Å². The van der Waals surface area contributed by atoms with Crippen molar-refractivity contribution in [3.8, 4) is 0 Å². The van der Waals surface area contributed by atoms with Gasteiger partial charge in [0.2, 0.25) is 0 Å². The summed E-state index contributed by atoms with van der Waals surface area (Å²) in [5, 5.41) is 0.821. The third kappa shape index (κ3) is 3.02. The molecule has 1 fully saturated rings. The minimum Gasteiger partial charge on any atom is -0.327 e. The van der Waals surface area contributed by atoms with Crippen LogP contribution < -0.4 is 5.73 Å². The second-order valence-electron chi connectivity index (χ2n) is 5.64. The fraction of sp³-hybridized carbons (Fsp3) is 0.600. The third-order valence-electron chi connectivity index (χ3n) is 4.16. The quantitative estimate of drug-likeness (QED) is 0.837. The lowest BCUT2D eigenvalue weighted by atomic mass is 9.71. The molecule has 0 radical (unpaired) electrons. The standard InChI is InChI=1S/C15H22ClN/c1-10(2)11-6-7-15(17)14(9-11)12-4-3-5-13(16)8-12/h3-5,8,10-11,14-15H,6-7,9,17H2,1-2H3. The van der Waals surface area contributed by atoms with Crippen LogP contribution in [0.5, 0.6) is 0 Å². The maximum absolute atomic E-state index is 6.28. The predicted molar refractivity (Wildman–Crippen MR) is 74.3 cm³/mol. The Morgan fingerprint density at radius 3 is 2.71 bits per heavy atom. The summed E-state index contributed by atoms with van der Waals surface area (Å²) in [6.07, 6.45) is 3.62. The Hall–Kier alpha value is -0.530. The molecule has 2 heteroatoms. The maximum Gasteiger partial charge on any atom is 0.0408 e. The molecular weight excluding hydrogens is 230 g/mol. The van der Waals surface area contributed by atoms with Crippen molar-refractivity contribution < 1.29 is 0 Å². The van der Waals surface area contributed by atoms with Crippen molar-refractivity contribution in [2.24, 2.45) is 17.6 Å². The van der Waals surface area contributed by atoms with Crippen LogP contribution in [0.4, 0.5) is 0 Å². The van der Waals surface area contributed by atoms with E-state index in [4.69, 9.17) is 17.3 Å². The van der Waals surface area contributed by atoms with E-state index in [1.165, 1.54) is 18.4 Å². The van der Waals surface area contributed by atoms with Gasteiger partial charge in [0.25, 0.3) is 0 Å². The van der Waals surface area contributed by atoms with Gasteiger partial charge in [-0.2, -0.15) is 0 Å². The van der Waals surface area contributed by atoms with E-state index in [1.807, 2.05) is 12.1 Å². The van der Waals surface area contributed by atoms with Crippen molar-refractivity contribution in [1.29, 1.82) is 0 Å². The topological polar surface area (TPSA) is 26.0 Å². The third-order valence-corrected chi connectivity index (χ3v) is 4.40. The van der Waals surface area contributed by atoms with Gasteiger partial charge in [-0.25, -0.2) is 0 Å². The normalized spacial score (nSPS) is 29.6. The Balaban J connectivity index is 2.18. The SMILES string of the molecule is CC(C)C1CCC(N)C(c2cccc(Cl)c2)C1. The van der Waals surface area contributed by atoms with Gasteiger partial charge in [0.15, 0.2) is 0 Å². The second-order valence-corrected chi connectivity index (χ2v) is 6.08. The van der Waals surface area contributed by atoms with Crippen LogP contribution in [0, 0.1) is 11.8 Å². The Morgan fingerprint density at radius 2 is 2.06 bits per heavy atom. The summed E-state index contributed by atoms with van der Waals surface area (Å²) < 4.78 is 0. The molecule has 0 aliphatic heterocycles. The number of benzene rings is 1. The molecule has 1 aromatic carbocycles. The molecule has 3 unspecified atom stereocenters. The minimum atomic E-state index is 0.295. The van der Waals surface area contributed by atoms with Crippen molar-refractivity contribution in [2.45, 2.75) is 45.1 Å². The van der Waals surface area contributed by atoms with E-state index < -0.39 is 0 Å². The van der Waals surface area contributed by atoms with Gasteiger partial charge in [-0.1, -0.05) is 37.6 Å². The molecule has 2 N–H and O–H groups in total. The van der Waals surface area contributed by atoms with Crippen LogP contribution in [0.25, 0.3) is 0 Å². The summed E-state index contributed by atoms with van der Waals surface area (Å²) in [6.45, 7) is 4.63. The van der Waals surface area contributed by atoms with Crippen molar-refractivity contribution >= 4 is 11.6 Å². The molecule has 1 aromatic rings. The van der Waals surface area contributed by atoms with Gasteiger partial charge in [-0.3, -0.25) is 0 Å². The molecular formula is C15H22ClN. The van der Waals surface area contributed by atoms with E-state index in [0.29, 0.717) is 12.0 Å². The zero-order chi connectivity index (χ0) is 12.4. The Morgan fingerprint density at radius 1 is 1.29 bits per heavy atom. The van der Waals surface area contributed by atoms with E-state index in [-0.39, 0.29) is 0 Å². The van der Waals surface area contributed by atoms with Gasteiger partial charge in [0, 0.05) is 11.1 Å². The van der Waals surface area contributed by atoms with Crippen molar-refractivity contribution in [2.75, 3.05) is 0 Å². The zero-order valence-corrected chi connectivity index (χ0v) is 11.5. The number of nitrogens with two attached hydrogens (primary N) is 1. The molecule has 0 bridgehead atoms. The van der Waals surface area contributed by atoms with Gasteiger partial charge >= 0.3 is 0 Å². The fourth-order valence-corrected chi connectivity index (χ4v) is 3.15. The number of halogens is 1. The molecule has 94 valence electrons. The van der Waals surface area contributed by atoms with Crippen LogP contribution in [0.3, 0.4) is 0 Å². The van der Waals surface area contributed by atoms with Gasteiger partial charge < -0.3 is 5.73 Å².